The molecule has 1 N–H and O–H groups in total. The molecule has 5 rings (SSSR count). The van der Waals surface area contributed by atoms with Crippen LogP contribution in [0.1, 0.15) is 43.5 Å². The highest BCUT2D eigenvalue weighted by Gasteiger charge is 2.47. The zero-order valence-corrected chi connectivity index (χ0v) is 20.4. The number of ether oxygens (including phenoxy) is 3. The first-order valence-electron chi connectivity index (χ1n) is 11.5. The molecule has 184 valence electrons. The number of aliphatic hydroxyl groups excluding tert-OH is 1. The van der Waals surface area contributed by atoms with Crippen LogP contribution in [-0.4, -0.2) is 35.7 Å². The Hall–Kier alpha value is -4.33. The van der Waals surface area contributed by atoms with Crippen molar-refractivity contribution in [2.45, 2.75) is 32.2 Å². The predicted octanol–water partition coefficient (Wildman–Crippen LogP) is 4.74. The number of hydrogen-bond donors (Lipinski definition) is 1. The number of nitrogens with zero attached hydrogens (tertiary/aromatic N) is 2. The first kappa shape index (κ1) is 23.4. The molecule has 8 nitrogen and oxygen atoms in total. The second-order valence-electron chi connectivity index (χ2n) is 9.66. The van der Waals surface area contributed by atoms with Crippen LogP contribution in [0, 0.1) is 0 Å². The van der Waals surface area contributed by atoms with E-state index in [0.717, 1.165) is 5.56 Å². The second-order valence-corrected chi connectivity index (χ2v) is 9.66. The van der Waals surface area contributed by atoms with Crippen LogP contribution in [0.3, 0.4) is 0 Å². The van der Waals surface area contributed by atoms with Gasteiger partial charge in [0.25, 0.3) is 11.7 Å². The molecular weight excluding hydrogens is 460 g/mol. The normalized spacial score (nSPS) is 18.6. The van der Waals surface area contributed by atoms with E-state index in [1.54, 1.807) is 68.0 Å². The van der Waals surface area contributed by atoms with Crippen molar-refractivity contribution in [2.24, 2.45) is 0 Å². The highest BCUT2D eigenvalue weighted by Crippen LogP contribution is 2.45. The molecule has 0 saturated carbocycles. The van der Waals surface area contributed by atoms with Gasteiger partial charge in [-0.2, -0.15) is 0 Å². The van der Waals surface area contributed by atoms with Crippen LogP contribution in [0.25, 0.3) is 5.76 Å². The Labute approximate surface area is 208 Å². The monoisotopic (exact) mass is 486 g/mol. The summed E-state index contributed by atoms with van der Waals surface area (Å²) in [6, 6.07) is 12.9. The average molecular weight is 487 g/mol. The fourth-order valence-corrected chi connectivity index (χ4v) is 4.58. The number of rotatable bonds is 4. The number of benzene rings is 2. The van der Waals surface area contributed by atoms with Gasteiger partial charge in [0.1, 0.15) is 11.5 Å². The fourth-order valence-electron chi connectivity index (χ4n) is 4.58. The number of anilines is 1. The minimum Gasteiger partial charge on any atom is -0.507 e. The third-order valence-electron chi connectivity index (χ3n) is 6.36. The molecule has 0 spiro atoms. The van der Waals surface area contributed by atoms with Gasteiger partial charge in [-0.1, -0.05) is 26.8 Å². The molecule has 1 amide bonds. The number of ketones is 1. The molecule has 1 saturated heterocycles. The Balaban J connectivity index is 1.70. The number of fused-ring (bicyclic) bond motifs is 1. The van der Waals surface area contributed by atoms with Gasteiger partial charge in [-0.15, -0.1) is 0 Å². The van der Waals surface area contributed by atoms with Crippen molar-refractivity contribution in [3.05, 3.63) is 83.2 Å². The highest BCUT2D eigenvalue weighted by atomic mass is 16.7. The lowest BCUT2D eigenvalue weighted by Crippen LogP contribution is -2.29. The van der Waals surface area contributed by atoms with Crippen LogP contribution >= 0.6 is 0 Å². The molecule has 2 aromatic carbocycles. The molecule has 8 heteroatoms. The van der Waals surface area contributed by atoms with Gasteiger partial charge in [-0.05, 0) is 47.4 Å². The fraction of sp³-hybridized carbons (Fsp3) is 0.250. The minimum atomic E-state index is -0.890. The second kappa shape index (κ2) is 8.71. The molecule has 3 heterocycles. The maximum Gasteiger partial charge on any atom is 0.300 e. The standard InChI is InChI=1S/C28H26N2O6/c1-28(2,3)19-12-16(7-9-20(19)34-4)25(31)23-24(17-6-5-11-29-14-17)30(27(33)26(23)32)18-8-10-21-22(13-18)36-15-35-21/h5-14,24,31H,15H2,1-4H3/b25-23+. The molecule has 1 atom stereocenters. The summed E-state index contributed by atoms with van der Waals surface area (Å²) in [4.78, 5) is 32.3. The van der Waals surface area contributed by atoms with Crippen molar-refractivity contribution in [3.63, 3.8) is 0 Å². The summed E-state index contributed by atoms with van der Waals surface area (Å²) in [5, 5.41) is 11.5. The van der Waals surface area contributed by atoms with E-state index in [1.165, 1.54) is 4.90 Å². The lowest BCUT2D eigenvalue weighted by Gasteiger charge is -2.26. The number of pyridine rings is 1. The maximum atomic E-state index is 13.4. The van der Waals surface area contributed by atoms with Crippen LogP contribution < -0.4 is 19.1 Å². The first-order valence-corrected chi connectivity index (χ1v) is 11.5. The molecule has 3 aromatic rings. The third kappa shape index (κ3) is 3.84. The lowest BCUT2D eigenvalue weighted by atomic mass is 9.84. The van der Waals surface area contributed by atoms with E-state index in [-0.39, 0.29) is 23.5 Å². The Morgan fingerprint density at radius 3 is 2.56 bits per heavy atom. The summed E-state index contributed by atoms with van der Waals surface area (Å²) in [5.41, 5.74) is 1.99. The number of amides is 1. The summed E-state index contributed by atoms with van der Waals surface area (Å²) in [5.74, 6) is -0.103. The third-order valence-corrected chi connectivity index (χ3v) is 6.36. The largest absolute Gasteiger partial charge is 0.507 e. The van der Waals surface area contributed by atoms with E-state index in [4.69, 9.17) is 14.2 Å². The summed E-state index contributed by atoms with van der Waals surface area (Å²) in [6.45, 7) is 6.17. The van der Waals surface area contributed by atoms with Gasteiger partial charge in [0.15, 0.2) is 11.5 Å². The molecule has 1 fully saturated rings. The van der Waals surface area contributed by atoms with Gasteiger partial charge in [0.05, 0.1) is 18.7 Å². The van der Waals surface area contributed by atoms with Gasteiger partial charge < -0.3 is 19.3 Å². The molecule has 1 aromatic heterocycles. The van der Waals surface area contributed by atoms with Crippen molar-refractivity contribution in [2.75, 3.05) is 18.8 Å². The number of hydrogen-bond acceptors (Lipinski definition) is 7. The molecule has 2 aliphatic rings. The van der Waals surface area contributed by atoms with E-state index >= 15 is 0 Å². The van der Waals surface area contributed by atoms with Crippen molar-refractivity contribution in [1.29, 1.82) is 0 Å². The predicted molar refractivity (Wildman–Crippen MR) is 133 cm³/mol. The quantitative estimate of drug-likeness (QED) is 0.323. The summed E-state index contributed by atoms with van der Waals surface area (Å²) >= 11 is 0. The van der Waals surface area contributed by atoms with Gasteiger partial charge in [0, 0.05) is 35.3 Å². The van der Waals surface area contributed by atoms with Gasteiger partial charge in [-0.25, -0.2) is 0 Å². The number of carbonyl (C=O) groups is 2. The van der Waals surface area contributed by atoms with E-state index in [2.05, 4.69) is 4.98 Å². The van der Waals surface area contributed by atoms with E-state index in [9.17, 15) is 14.7 Å². The maximum absolute atomic E-state index is 13.4. The molecule has 0 aliphatic carbocycles. The first-order chi connectivity index (χ1) is 17.2. The number of aromatic nitrogens is 1. The van der Waals surface area contributed by atoms with E-state index in [1.807, 2.05) is 20.8 Å². The minimum absolute atomic E-state index is 0.0179. The lowest BCUT2D eigenvalue weighted by molar-refractivity contribution is -0.132. The summed E-state index contributed by atoms with van der Waals surface area (Å²) in [7, 11) is 1.59. The van der Waals surface area contributed by atoms with Crippen molar-refractivity contribution >= 4 is 23.1 Å². The highest BCUT2D eigenvalue weighted by molar-refractivity contribution is 6.51. The number of carbonyl (C=O) groups excluding carboxylic acids is 2. The molecular formula is C28H26N2O6. The van der Waals surface area contributed by atoms with Crippen molar-refractivity contribution < 1.29 is 28.9 Å². The van der Waals surface area contributed by atoms with Crippen molar-refractivity contribution in [1.82, 2.24) is 4.98 Å². The van der Waals surface area contributed by atoms with Crippen LogP contribution in [0.2, 0.25) is 0 Å². The number of aliphatic hydroxyl groups is 1. The Morgan fingerprint density at radius 1 is 1.08 bits per heavy atom. The molecule has 1 unspecified atom stereocenters. The van der Waals surface area contributed by atoms with Crippen LogP contribution in [0.15, 0.2) is 66.5 Å². The zero-order chi connectivity index (χ0) is 25.6. The SMILES string of the molecule is COc1ccc(/C(O)=C2\C(=O)C(=O)N(c3ccc4c(c3)OCO4)C2c2cccnc2)cc1C(C)(C)C. The van der Waals surface area contributed by atoms with E-state index in [0.29, 0.717) is 34.1 Å². The topological polar surface area (TPSA) is 98.2 Å². The zero-order valence-electron chi connectivity index (χ0n) is 20.4. The van der Waals surface area contributed by atoms with Crippen LogP contribution in [0.5, 0.6) is 17.2 Å². The van der Waals surface area contributed by atoms with Gasteiger partial charge >= 0.3 is 0 Å². The summed E-state index contributed by atoms with van der Waals surface area (Å²) in [6.07, 6.45) is 3.19. The molecule has 0 bridgehead atoms. The number of methoxy groups -OCH3 is 1. The smallest absolute Gasteiger partial charge is 0.300 e. The van der Waals surface area contributed by atoms with Gasteiger partial charge in [0.2, 0.25) is 6.79 Å². The Bertz CT molecular complexity index is 1390. The van der Waals surface area contributed by atoms with Gasteiger partial charge in [-0.3, -0.25) is 19.5 Å². The van der Waals surface area contributed by atoms with E-state index < -0.39 is 17.7 Å². The Morgan fingerprint density at radius 2 is 1.86 bits per heavy atom. The molecule has 0 radical (unpaired) electrons. The number of Topliss-reactive ketones (excluding diaryl/α,β-unsaturated/α-hetero) is 1. The average Bonchev–Trinajstić information content (AvgIpc) is 3.45. The van der Waals surface area contributed by atoms with Crippen LogP contribution in [0.4, 0.5) is 5.69 Å². The molecule has 2 aliphatic heterocycles. The Kier molecular flexibility index (Phi) is 5.67. The van der Waals surface area contributed by atoms with Crippen molar-refractivity contribution in [3.8, 4) is 17.2 Å². The van der Waals surface area contributed by atoms with Crippen LogP contribution in [-0.2, 0) is 15.0 Å². The summed E-state index contributed by atoms with van der Waals surface area (Å²) < 4.78 is 16.4. The molecule has 36 heavy (non-hydrogen) atoms.